The lowest BCUT2D eigenvalue weighted by atomic mass is 9.77. The van der Waals surface area contributed by atoms with Crippen molar-refractivity contribution in [2.24, 2.45) is 10.3 Å². The minimum atomic E-state index is -4.88. The predicted octanol–water partition coefficient (Wildman–Crippen LogP) is 4.53. The number of hydrogen-bond acceptors (Lipinski definition) is 6. The van der Waals surface area contributed by atoms with Crippen LogP contribution in [0.25, 0.3) is 0 Å². The number of halogens is 5. The normalized spacial score (nSPS) is 26.2. The summed E-state index contributed by atoms with van der Waals surface area (Å²) < 4.78 is 96.8. The number of amides is 1. The summed E-state index contributed by atoms with van der Waals surface area (Å²) in [6.45, 7) is 2.01. The van der Waals surface area contributed by atoms with Crippen LogP contribution in [0.15, 0.2) is 39.9 Å². The van der Waals surface area contributed by atoms with Crippen molar-refractivity contribution < 1.29 is 40.4 Å². The van der Waals surface area contributed by atoms with E-state index < -0.39 is 62.7 Å². The molecule has 7 nitrogen and oxygen atoms in total. The van der Waals surface area contributed by atoms with E-state index in [0.717, 1.165) is 26.2 Å². The molecule has 0 aliphatic carbocycles. The van der Waals surface area contributed by atoms with Crippen molar-refractivity contribution in [3.8, 4) is 5.75 Å². The molecule has 2 heterocycles. The van der Waals surface area contributed by atoms with Crippen LogP contribution in [-0.2, 0) is 19.3 Å². The number of alkyl halides is 3. The summed E-state index contributed by atoms with van der Waals surface area (Å²) in [4.78, 5) is 17.2. The lowest BCUT2D eigenvalue weighted by Gasteiger charge is -2.32. The van der Waals surface area contributed by atoms with Crippen molar-refractivity contribution >= 4 is 21.3 Å². The van der Waals surface area contributed by atoms with Crippen LogP contribution in [0.5, 0.6) is 5.75 Å². The van der Waals surface area contributed by atoms with E-state index in [1.807, 2.05) is 0 Å². The maximum atomic E-state index is 14.4. The smallest absolute Gasteiger partial charge is 0.417 e. The quantitative estimate of drug-likeness (QED) is 0.584. The molecule has 1 N–H and O–H groups in total. The lowest BCUT2D eigenvalue weighted by molar-refractivity contribution is -0.272. The lowest BCUT2D eigenvalue weighted by Crippen LogP contribution is -2.47. The summed E-state index contributed by atoms with van der Waals surface area (Å²) in [5, 5.41) is 2.50. The summed E-state index contributed by atoms with van der Waals surface area (Å²) >= 11 is 0. The second-order valence-corrected chi connectivity index (χ2v) is 10.7. The Hall–Kier alpha value is -2.80. The molecule has 1 unspecified atom stereocenters. The average molecular weight is 522 g/mol. The molecule has 1 saturated heterocycles. The van der Waals surface area contributed by atoms with E-state index in [1.54, 1.807) is 0 Å². The maximum absolute atomic E-state index is 14.4. The SMILES string of the molecule is CN=S(C)(=O)c1cc(NC(=O)[C@@H]2O[C@@](C)(C(F)(F)F)[C@@H](C)[C@H]2c2ccc(F)c(F)c2OC)ccn1. The zero-order chi connectivity index (χ0) is 26.3. The van der Waals surface area contributed by atoms with Gasteiger partial charge in [-0.05, 0) is 25.1 Å². The molecule has 35 heavy (non-hydrogen) atoms. The fraction of sp³-hybridized carbons (Fsp3) is 0.455. The fourth-order valence-electron chi connectivity index (χ4n) is 4.04. The maximum Gasteiger partial charge on any atom is 0.417 e. The van der Waals surface area contributed by atoms with E-state index in [9.17, 15) is 31.0 Å². The van der Waals surface area contributed by atoms with E-state index in [4.69, 9.17) is 9.47 Å². The van der Waals surface area contributed by atoms with Crippen molar-refractivity contribution in [3.63, 3.8) is 0 Å². The molecule has 0 saturated carbocycles. The van der Waals surface area contributed by atoms with Crippen LogP contribution in [0, 0.1) is 17.6 Å². The summed E-state index contributed by atoms with van der Waals surface area (Å²) in [5.74, 6) is -6.99. The molecule has 192 valence electrons. The van der Waals surface area contributed by atoms with Gasteiger partial charge in [-0.2, -0.15) is 17.6 Å². The van der Waals surface area contributed by atoms with Gasteiger partial charge in [0.15, 0.2) is 17.2 Å². The molecule has 3 rings (SSSR count). The molecule has 0 spiro atoms. The largest absolute Gasteiger partial charge is 0.493 e. The third-order valence-electron chi connectivity index (χ3n) is 6.31. The number of rotatable bonds is 5. The topological polar surface area (TPSA) is 89.9 Å². The minimum absolute atomic E-state index is 0.0532. The van der Waals surface area contributed by atoms with Gasteiger partial charge in [0.2, 0.25) is 5.82 Å². The van der Waals surface area contributed by atoms with Gasteiger partial charge in [0.1, 0.15) is 11.1 Å². The average Bonchev–Trinajstić information content (AvgIpc) is 3.07. The molecule has 1 amide bonds. The monoisotopic (exact) mass is 521 g/mol. The zero-order valence-corrected chi connectivity index (χ0v) is 20.3. The van der Waals surface area contributed by atoms with Gasteiger partial charge in [0.05, 0.1) is 16.8 Å². The molecule has 5 atom stereocenters. The minimum Gasteiger partial charge on any atom is -0.493 e. The molecule has 1 fully saturated rings. The number of pyridine rings is 1. The van der Waals surface area contributed by atoms with E-state index in [-0.39, 0.29) is 16.3 Å². The van der Waals surface area contributed by atoms with Gasteiger partial charge in [-0.1, -0.05) is 13.0 Å². The third-order valence-corrected chi connectivity index (χ3v) is 8.01. The molecule has 0 bridgehead atoms. The number of nitrogens with zero attached hydrogens (tertiary/aromatic N) is 2. The highest BCUT2D eigenvalue weighted by molar-refractivity contribution is 7.92. The Bertz CT molecular complexity index is 1260. The van der Waals surface area contributed by atoms with Crippen LogP contribution in [0.4, 0.5) is 27.6 Å². The van der Waals surface area contributed by atoms with Gasteiger partial charge in [0.25, 0.3) is 5.91 Å². The van der Waals surface area contributed by atoms with Crippen LogP contribution in [-0.4, -0.2) is 53.4 Å². The molecule has 1 aromatic carbocycles. The first-order valence-electron chi connectivity index (χ1n) is 10.3. The Balaban J connectivity index is 2.08. The first kappa shape index (κ1) is 26.8. The highest BCUT2D eigenvalue weighted by Crippen LogP contribution is 2.55. The van der Waals surface area contributed by atoms with Crippen LogP contribution < -0.4 is 10.1 Å². The highest BCUT2D eigenvalue weighted by atomic mass is 32.2. The molecule has 0 radical (unpaired) electrons. The Morgan fingerprint density at radius 2 is 1.94 bits per heavy atom. The fourth-order valence-corrected chi connectivity index (χ4v) is 4.83. The number of hydrogen-bond donors (Lipinski definition) is 1. The Kier molecular flexibility index (Phi) is 7.15. The van der Waals surface area contributed by atoms with Crippen LogP contribution >= 0.6 is 0 Å². The molecule has 2 aromatic rings. The molecule has 1 aromatic heterocycles. The van der Waals surface area contributed by atoms with Crippen LogP contribution in [0.1, 0.15) is 25.3 Å². The van der Waals surface area contributed by atoms with Crippen molar-refractivity contribution in [2.45, 2.75) is 42.7 Å². The van der Waals surface area contributed by atoms with Gasteiger partial charge in [-0.3, -0.25) is 4.79 Å². The predicted molar refractivity (Wildman–Crippen MR) is 118 cm³/mol. The van der Waals surface area contributed by atoms with Crippen LogP contribution in [0.2, 0.25) is 0 Å². The van der Waals surface area contributed by atoms with Crippen LogP contribution in [0.3, 0.4) is 0 Å². The second-order valence-electron chi connectivity index (χ2n) is 8.30. The van der Waals surface area contributed by atoms with Gasteiger partial charge >= 0.3 is 6.18 Å². The standard InChI is InChI=1S/C22H24F5N3O4S/c1-11-16(13-6-7-14(23)17(24)18(13)33-4)19(34-21(11,2)22(25,26)27)20(31)30-12-8-9-29-15(10-12)35(5,32)28-3/h6-11,16,19H,1-5H3,(H,29,30,31)/t11-,16-,19+,21+,35?/m0/s1. The number of ether oxygens (including phenoxy) is 2. The number of anilines is 1. The Morgan fingerprint density at radius 1 is 1.29 bits per heavy atom. The van der Waals surface area contributed by atoms with Gasteiger partial charge in [0, 0.05) is 42.6 Å². The number of carbonyl (C=O) groups is 1. The summed E-state index contributed by atoms with van der Waals surface area (Å²) in [6.07, 6.45) is -4.05. The van der Waals surface area contributed by atoms with Crippen molar-refractivity contribution in [2.75, 3.05) is 25.7 Å². The zero-order valence-electron chi connectivity index (χ0n) is 19.4. The molecular formula is C22H24F5N3O4S. The summed E-state index contributed by atoms with van der Waals surface area (Å²) in [7, 11) is -0.480. The number of methoxy groups -OCH3 is 1. The Morgan fingerprint density at radius 3 is 2.51 bits per heavy atom. The summed E-state index contributed by atoms with van der Waals surface area (Å²) in [5.41, 5.74) is -2.84. The van der Waals surface area contributed by atoms with Crippen molar-refractivity contribution in [1.29, 1.82) is 0 Å². The molecule has 1 aliphatic heterocycles. The number of aromatic nitrogens is 1. The molecule has 13 heteroatoms. The first-order valence-corrected chi connectivity index (χ1v) is 12.2. The van der Waals surface area contributed by atoms with E-state index in [2.05, 4.69) is 14.7 Å². The van der Waals surface area contributed by atoms with Gasteiger partial charge in [-0.25, -0.2) is 17.9 Å². The van der Waals surface area contributed by atoms with E-state index >= 15 is 0 Å². The highest BCUT2D eigenvalue weighted by Gasteiger charge is 2.65. The van der Waals surface area contributed by atoms with Gasteiger partial charge in [-0.15, -0.1) is 0 Å². The van der Waals surface area contributed by atoms with Crippen molar-refractivity contribution in [1.82, 2.24) is 4.98 Å². The third kappa shape index (κ3) is 4.70. The molecule has 1 aliphatic rings. The first-order chi connectivity index (χ1) is 16.2. The molecular weight excluding hydrogens is 497 g/mol. The van der Waals surface area contributed by atoms with Gasteiger partial charge < -0.3 is 14.8 Å². The number of nitrogens with one attached hydrogen (secondary N) is 1. The number of benzene rings is 1. The second kappa shape index (κ2) is 9.34. The van der Waals surface area contributed by atoms with E-state index in [0.29, 0.717) is 0 Å². The Labute approximate surface area is 199 Å². The van der Waals surface area contributed by atoms with Crippen molar-refractivity contribution in [3.05, 3.63) is 47.7 Å². The number of carbonyl (C=O) groups excluding carboxylic acids is 1. The summed E-state index contributed by atoms with van der Waals surface area (Å²) in [6, 6.07) is 4.45. The van der Waals surface area contributed by atoms with E-state index in [1.165, 1.54) is 38.6 Å².